The maximum atomic E-state index is 13.1. The van der Waals surface area contributed by atoms with E-state index < -0.39 is 0 Å². The number of hydrogen-bond donors (Lipinski definition) is 1. The second kappa shape index (κ2) is 7.08. The summed E-state index contributed by atoms with van der Waals surface area (Å²) in [7, 11) is 3.30. The van der Waals surface area contributed by atoms with Gasteiger partial charge < -0.3 is 19.6 Å². The van der Waals surface area contributed by atoms with E-state index in [0.29, 0.717) is 23.5 Å². The van der Waals surface area contributed by atoms with Crippen LogP contribution in [0, 0.1) is 11.3 Å². The molecule has 0 amide bonds. The Balaban J connectivity index is 1.92. The quantitative estimate of drug-likeness (QED) is 0.613. The van der Waals surface area contributed by atoms with Gasteiger partial charge in [0, 0.05) is 24.6 Å². The lowest BCUT2D eigenvalue weighted by Crippen LogP contribution is -2.50. The van der Waals surface area contributed by atoms with Gasteiger partial charge >= 0.3 is 0 Å². The Morgan fingerprint density at radius 1 is 1.21 bits per heavy atom. The average molecular weight is 399 g/mol. The molecule has 29 heavy (non-hydrogen) atoms. The number of carbonyl (C=O) groups is 1. The zero-order chi connectivity index (χ0) is 20.9. The first-order chi connectivity index (χ1) is 13.8. The van der Waals surface area contributed by atoms with E-state index in [-0.39, 0.29) is 23.2 Å². The summed E-state index contributed by atoms with van der Waals surface area (Å²) in [4.78, 5) is 15.5. The highest BCUT2D eigenvalue weighted by Crippen LogP contribution is 2.51. The summed E-state index contributed by atoms with van der Waals surface area (Å²) in [6.07, 6.45) is 2.95. The molecule has 0 saturated heterocycles. The van der Waals surface area contributed by atoms with Crippen molar-refractivity contribution in [1.82, 2.24) is 4.90 Å². The van der Waals surface area contributed by atoms with Crippen LogP contribution in [0.2, 0.25) is 0 Å². The van der Waals surface area contributed by atoms with Crippen LogP contribution in [0.25, 0.3) is 0 Å². The Kier molecular flexibility index (Phi) is 4.83. The van der Waals surface area contributed by atoms with Crippen LogP contribution in [-0.4, -0.2) is 42.4 Å². The molecule has 1 aliphatic carbocycles. The van der Waals surface area contributed by atoms with Crippen LogP contribution in [-0.2, 0) is 11.2 Å². The lowest BCUT2D eigenvalue weighted by Gasteiger charge is -2.51. The topological polar surface area (TPSA) is 71.4 Å². The van der Waals surface area contributed by atoms with Crippen molar-refractivity contribution in [2.45, 2.75) is 52.5 Å². The van der Waals surface area contributed by atoms with Crippen LogP contribution in [0.3, 0.4) is 0 Å². The number of ether oxygens (including phenoxy) is 2. The molecular formula is C23H30N2O4. The van der Waals surface area contributed by atoms with Crippen LogP contribution in [0.4, 0.5) is 0 Å². The Morgan fingerprint density at radius 2 is 1.90 bits per heavy atom. The van der Waals surface area contributed by atoms with Crippen molar-refractivity contribution >= 4 is 11.5 Å². The smallest absolute Gasteiger partial charge is 0.167 e. The summed E-state index contributed by atoms with van der Waals surface area (Å²) in [6, 6.07) is 4.15. The van der Waals surface area contributed by atoms with Crippen LogP contribution in [0.5, 0.6) is 11.5 Å². The maximum absolute atomic E-state index is 13.1. The van der Waals surface area contributed by atoms with Crippen LogP contribution >= 0.6 is 0 Å². The molecule has 3 aliphatic rings. The molecule has 2 atom stereocenters. The van der Waals surface area contributed by atoms with Crippen molar-refractivity contribution in [3.05, 3.63) is 34.5 Å². The van der Waals surface area contributed by atoms with E-state index in [2.05, 4.69) is 43.0 Å². The Labute approximate surface area is 172 Å². The van der Waals surface area contributed by atoms with Crippen LogP contribution in [0.15, 0.2) is 28.6 Å². The van der Waals surface area contributed by atoms with Gasteiger partial charge in [0.15, 0.2) is 17.3 Å². The van der Waals surface area contributed by atoms with Crippen molar-refractivity contribution in [3.63, 3.8) is 0 Å². The molecule has 2 aliphatic heterocycles. The summed E-state index contributed by atoms with van der Waals surface area (Å²) >= 11 is 0. The standard InChI is InChI=1S/C23H30N2O4/c1-6-14-21(24-27)20-16(11-23(2,3)12-17(20)26)25-8-7-13-9-18(28-4)19(29-5)10-15(13)22(14)25/h9-10,14,22,27H,6-8,11-12H2,1-5H3/b24-21+/t14-,22-/m0/s1. The van der Waals surface area contributed by atoms with Gasteiger partial charge in [-0.2, -0.15) is 0 Å². The minimum Gasteiger partial charge on any atom is -0.493 e. The second-order valence-corrected chi connectivity index (χ2v) is 9.06. The first-order valence-electron chi connectivity index (χ1n) is 10.3. The summed E-state index contributed by atoms with van der Waals surface area (Å²) in [5, 5.41) is 13.6. The Hall–Kier alpha value is -2.50. The number of rotatable bonds is 3. The highest BCUT2D eigenvalue weighted by molar-refractivity contribution is 6.24. The monoisotopic (exact) mass is 398 g/mol. The molecule has 0 aromatic heterocycles. The molecule has 0 fully saturated rings. The number of allylic oxidation sites excluding steroid dienone is 2. The third-order valence-electron chi connectivity index (χ3n) is 6.66. The van der Waals surface area contributed by atoms with E-state index in [1.807, 2.05) is 0 Å². The number of benzene rings is 1. The van der Waals surface area contributed by atoms with Crippen molar-refractivity contribution in [3.8, 4) is 11.5 Å². The predicted octanol–water partition coefficient (Wildman–Crippen LogP) is 4.12. The highest BCUT2D eigenvalue weighted by atomic mass is 16.5. The van der Waals surface area contributed by atoms with Gasteiger partial charge in [-0.3, -0.25) is 4.79 Å². The molecule has 1 aromatic rings. The number of ketones is 1. The lowest BCUT2D eigenvalue weighted by molar-refractivity contribution is -0.118. The van der Waals surface area contributed by atoms with Gasteiger partial charge in [0.2, 0.25) is 0 Å². The molecule has 0 saturated carbocycles. The molecule has 6 heteroatoms. The second-order valence-electron chi connectivity index (χ2n) is 9.06. The summed E-state index contributed by atoms with van der Waals surface area (Å²) in [6.45, 7) is 7.20. The minimum absolute atomic E-state index is 0.0231. The van der Waals surface area contributed by atoms with E-state index in [1.165, 1.54) is 11.1 Å². The number of Topliss-reactive ketones (excluding diaryl/α,β-unsaturated/α-hetero) is 1. The van der Waals surface area contributed by atoms with Gasteiger partial charge in [0.05, 0.1) is 31.5 Å². The fourth-order valence-electron chi connectivity index (χ4n) is 5.41. The molecule has 0 unspecified atom stereocenters. The third-order valence-corrected chi connectivity index (χ3v) is 6.66. The van der Waals surface area contributed by atoms with E-state index in [0.717, 1.165) is 37.3 Å². The van der Waals surface area contributed by atoms with Gasteiger partial charge in [0.1, 0.15) is 0 Å². The number of nitrogens with zero attached hydrogens (tertiary/aromatic N) is 2. The number of fused-ring (bicyclic) bond motifs is 4. The molecule has 0 bridgehead atoms. The van der Waals surface area contributed by atoms with Crippen molar-refractivity contribution < 1.29 is 19.5 Å². The first kappa shape index (κ1) is 19.8. The third kappa shape index (κ3) is 3.00. The summed E-state index contributed by atoms with van der Waals surface area (Å²) in [5.74, 6) is 1.47. The zero-order valence-electron chi connectivity index (χ0n) is 17.9. The first-order valence-corrected chi connectivity index (χ1v) is 10.3. The molecule has 2 heterocycles. The molecule has 156 valence electrons. The van der Waals surface area contributed by atoms with Gasteiger partial charge in [-0.05, 0) is 47.9 Å². The predicted molar refractivity (Wildman–Crippen MR) is 111 cm³/mol. The molecule has 4 rings (SSSR count). The molecule has 0 spiro atoms. The largest absolute Gasteiger partial charge is 0.493 e. The normalized spacial score (nSPS) is 26.7. The average Bonchev–Trinajstić information content (AvgIpc) is 2.70. The van der Waals surface area contributed by atoms with Gasteiger partial charge in [-0.25, -0.2) is 0 Å². The van der Waals surface area contributed by atoms with Crippen molar-refractivity contribution in [1.29, 1.82) is 0 Å². The van der Waals surface area contributed by atoms with E-state index >= 15 is 0 Å². The molecule has 1 N–H and O–H groups in total. The van der Waals surface area contributed by atoms with Gasteiger partial charge in [-0.15, -0.1) is 0 Å². The van der Waals surface area contributed by atoms with Crippen molar-refractivity contribution in [2.75, 3.05) is 20.8 Å². The zero-order valence-corrected chi connectivity index (χ0v) is 17.9. The Morgan fingerprint density at radius 3 is 2.52 bits per heavy atom. The molecule has 6 nitrogen and oxygen atoms in total. The summed E-state index contributed by atoms with van der Waals surface area (Å²) < 4.78 is 11.1. The lowest BCUT2D eigenvalue weighted by atomic mass is 9.67. The molecule has 1 aromatic carbocycles. The van der Waals surface area contributed by atoms with E-state index in [9.17, 15) is 10.0 Å². The Bertz CT molecular complexity index is 916. The summed E-state index contributed by atoms with van der Waals surface area (Å²) in [5.41, 5.74) is 4.53. The van der Waals surface area contributed by atoms with E-state index in [1.54, 1.807) is 14.2 Å². The van der Waals surface area contributed by atoms with Crippen LogP contribution < -0.4 is 9.47 Å². The fourth-order valence-corrected chi connectivity index (χ4v) is 5.41. The maximum Gasteiger partial charge on any atom is 0.167 e. The highest BCUT2D eigenvalue weighted by Gasteiger charge is 2.48. The number of methoxy groups -OCH3 is 2. The number of carbonyl (C=O) groups excluding carboxylic acids is 1. The number of oxime groups is 1. The minimum atomic E-state index is -0.0992. The number of hydrogen-bond acceptors (Lipinski definition) is 6. The molecular weight excluding hydrogens is 368 g/mol. The van der Waals surface area contributed by atoms with Gasteiger partial charge in [-0.1, -0.05) is 25.9 Å². The van der Waals surface area contributed by atoms with E-state index in [4.69, 9.17) is 9.47 Å². The molecule has 0 radical (unpaired) electrons. The van der Waals surface area contributed by atoms with Gasteiger partial charge in [0.25, 0.3) is 0 Å². The van der Waals surface area contributed by atoms with Crippen molar-refractivity contribution in [2.24, 2.45) is 16.5 Å². The fraction of sp³-hybridized carbons (Fsp3) is 0.565. The van der Waals surface area contributed by atoms with Crippen LogP contribution in [0.1, 0.15) is 57.2 Å². The SMILES string of the molecule is CC[C@H]1/C(=N\O)C2=C(CC(C)(C)CC2=O)N2CCc3cc(OC)c(OC)cc3[C@H]12.